The molecule has 1 amide bonds. The molecule has 164 valence electrons. The number of amides is 1. The Hall–Kier alpha value is -4.39. The predicted octanol–water partition coefficient (Wildman–Crippen LogP) is 3.87. The summed E-state index contributed by atoms with van der Waals surface area (Å²) in [6.45, 7) is 1.47. The van der Waals surface area contributed by atoms with E-state index in [1.807, 2.05) is 78.9 Å². The molecule has 0 fully saturated rings. The fraction of sp³-hybridized carbons (Fsp3) is 0.115. The highest BCUT2D eigenvalue weighted by Crippen LogP contribution is 2.36. The zero-order valence-corrected chi connectivity index (χ0v) is 18.3. The Morgan fingerprint density at radius 3 is 2.03 bits per heavy atom. The third kappa shape index (κ3) is 3.53. The zero-order valence-electron chi connectivity index (χ0n) is 18.3. The second kappa shape index (κ2) is 8.27. The number of carbonyl (C=O) groups is 1. The van der Waals surface area contributed by atoms with Gasteiger partial charge in [0.1, 0.15) is 11.4 Å². The van der Waals surface area contributed by atoms with Crippen LogP contribution in [0.5, 0.6) is 0 Å². The Labute approximate surface area is 190 Å². The van der Waals surface area contributed by atoms with Crippen LogP contribution in [0.4, 0.5) is 5.69 Å². The minimum atomic E-state index is -0.454. The fourth-order valence-electron chi connectivity index (χ4n) is 4.14. The van der Waals surface area contributed by atoms with Crippen LogP contribution in [0.1, 0.15) is 16.8 Å². The highest BCUT2D eigenvalue weighted by Gasteiger charge is 2.25. The zero-order chi connectivity index (χ0) is 22.9. The van der Waals surface area contributed by atoms with Crippen molar-refractivity contribution in [3.8, 4) is 16.8 Å². The Bertz CT molecular complexity index is 1400. The minimum Gasteiger partial charge on any atom is -0.385 e. The van der Waals surface area contributed by atoms with Crippen LogP contribution in [0.2, 0.25) is 0 Å². The molecule has 0 aliphatic heterocycles. The monoisotopic (exact) mass is 438 g/mol. The first kappa shape index (κ1) is 20.5. The largest absolute Gasteiger partial charge is 0.385 e. The lowest BCUT2D eigenvalue weighted by Gasteiger charge is -2.07. The summed E-state index contributed by atoms with van der Waals surface area (Å²) in [6.07, 6.45) is 0. The maximum absolute atomic E-state index is 13.0. The van der Waals surface area contributed by atoms with Crippen molar-refractivity contribution < 1.29 is 9.63 Å². The fourth-order valence-corrected chi connectivity index (χ4v) is 4.14. The van der Waals surface area contributed by atoms with Crippen LogP contribution >= 0.6 is 0 Å². The number of carbonyl (C=O) groups excluding carboxylic acids is 1. The molecule has 0 saturated carbocycles. The summed E-state index contributed by atoms with van der Waals surface area (Å²) in [7, 11) is 1.77. The van der Waals surface area contributed by atoms with Gasteiger partial charge in [0.15, 0.2) is 6.61 Å². The lowest BCUT2D eigenvalue weighted by Crippen LogP contribution is -2.24. The van der Waals surface area contributed by atoms with Gasteiger partial charge in [0, 0.05) is 18.2 Å². The number of para-hydroxylation sites is 1. The minimum absolute atomic E-state index is 0.221. The van der Waals surface area contributed by atoms with E-state index in [1.54, 1.807) is 18.7 Å². The number of fused-ring (bicyclic) bond motifs is 3. The molecule has 0 atom stereocenters. The molecule has 5 rings (SSSR count). The third-order valence-electron chi connectivity index (χ3n) is 5.82. The molecule has 4 aromatic rings. The van der Waals surface area contributed by atoms with Crippen molar-refractivity contribution in [3.63, 3.8) is 0 Å². The second-order valence-corrected chi connectivity index (χ2v) is 7.79. The molecular formula is C26H22N4O3. The molecule has 0 bridgehead atoms. The average Bonchev–Trinajstić information content (AvgIpc) is 3.27. The standard InChI is InChI=1S/C26H22N4O3/c1-17-24(26(32)30(29(17)2)18-10-4-3-5-11-18)27-23(31)16-33-28-25-21-14-8-6-12-19(21)20-13-7-9-15-22(20)25/h3-15H,16H2,1-2H3,(H,27,31). The summed E-state index contributed by atoms with van der Waals surface area (Å²) in [6, 6.07) is 25.2. The van der Waals surface area contributed by atoms with Crippen LogP contribution in [0.15, 0.2) is 88.8 Å². The molecule has 1 aromatic heterocycles. The summed E-state index contributed by atoms with van der Waals surface area (Å²) < 4.78 is 3.22. The second-order valence-electron chi connectivity index (χ2n) is 7.79. The van der Waals surface area contributed by atoms with Crippen LogP contribution in [0, 0.1) is 6.92 Å². The lowest BCUT2D eigenvalue weighted by atomic mass is 10.1. The molecular weight excluding hydrogens is 416 g/mol. The number of nitrogens with zero attached hydrogens (tertiary/aromatic N) is 3. The molecule has 0 unspecified atom stereocenters. The molecule has 0 saturated heterocycles. The Balaban J connectivity index is 1.35. The van der Waals surface area contributed by atoms with Gasteiger partial charge in [-0.05, 0) is 30.2 Å². The quantitative estimate of drug-likeness (QED) is 0.423. The molecule has 1 N–H and O–H groups in total. The van der Waals surface area contributed by atoms with Crippen LogP contribution in [0.3, 0.4) is 0 Å². The number of oxime groups is 1. The van der Waals surface area contributed by atoms with Crippen molar-refractivity contribution in [2.24, 2.45) is 12.2 Å². The van der Waals surface area contributed by atoms with Crippen LogP contribution in [-0.4, -0.2) is 27.6 Å². The molecule has 33 heavy (non-hydrogen) atoms. The van der Waals surface area contributed by atoms with Gasteiger partial charge in [-0.2, -0.15) is 0 Å². The third-order valence-corrected chi connectivity index (χ3v) is 5.82. The first-order valence-corrected chi connectivity index (χ1v) is 10.6. The number of aromatic nitrogens is 2. The van der Waals surface area contributed by atoms with Gasteiger partial charge in [0.05, 0.1) is 11.4 Å². The summed E-state index contributed by atoms with van der Waals surface area (Å²) in [5, 5.41) is 6.96. The topological polar surface area (TPSA) is 77.6 Å². The lowest BCUT2D eigenvalue weighted by molar-refractivity contribution is -0.120. The van der Waals surface area contributed by atoms with Gasteiger partial charge in [0.25, 0.3) is 11.5 Å². The van der Waals surface area contributed by atoms with E-state index in [-0.39, 0.29) is 17.9 Å². The number of nitrogens with one attached hydrogen (secondary N) is 1. The molecule has 0 radical (unpaired) electrons. The van der Waals surface area contributed by atoms with Crippen molar-refractivity contribution in [2.75, 3.05) is 11.9 Å². The van der Waals surface area contributed by atoms with Crippen molar-refractivity contribution in [1.29, 1.82) is 0 Å². The summed E-state index contributed by atoms with van der Waals surface area (Å²) in [5.41, 5.74) is 6.06. The van der Waals surface area contributed by atoms with Crippen molar-refractivity contribution >= 4 is 17.3 Å². The van der Waals surface area contributed by atoms with Crippen LogP contribution in [0.25, 0.3) is 16.8 Å². The van der Waals surface area contributed by atoms with Gasteiger partial charge in [-0.15, -0.1) is 0 Å². The SMILES string of the molecule is Cc1c(NC(=O)CON=C2c3ccccc3-c3ccccc32)c(=O)n(-c2ccccc2)n1C. The van der Waals surface area contributed by atoms with Gasteiger partial charge >= 0.3 is 0 Å². The van der Waals surface area contributed by atoms with E-state index < -0.39 is 5.91 Å². The van der Waals surface area contributed by atoms with Gasteiger partial charge in [-0.1, -0.05) is 71.9 Å². The van der Waals surface area contributed by atoms with E-state index in [9.17, 15) is 9.59 Å². The van der Waals surface area contributed by atoms with Gasteiger partial charge < -0.3 is 10.2 Å². The Kier molecular flexibility index (Phi) is 5.14. The highest BCUT2D eigenvalue weighted by atomic mass is 16.6. The van der Waals surface area contributed by atoms with Crippen LogP contribution < -0.4 is 10.9 Å². The van der Waals surface area contributed by atoms with Gasteiger partial charge in [-0.3, -0.25) is 14.3 Å². The molecule has 3 aromatic carbocycles. The molecule has 1 aliphatic rings. The normalized spacial score (nSPS) is 11.6. The first-order valence-electron chi connectivity index (χ1n) is 10.6. The van der Waals surface area contributed by atoms with Gasteiger partial charge in [-0.25, -0.2) is 4.68 Å². The highest BCUT2D eigenvalue weighted by molar-refractivity contribution is 6.24. The molecule has 1 aliphatic carbocycles. The van der Waals surface area contributed by atoms with E-state index in [0.717, 1.165) is 27.9 Å². The number of benzene rings is 3. The molecule has 0 spiro atoms. The van der Waals surface area contributed by atoms with Gasteiger partial charge in [0.2, 0.25) is 0 Å². The van der Waals surface area contributed by atoms with Crippen molar-refractivity contribution in [2.45, 2.75) is 6.92 Å². The van der Waals surface area contributed by atoms with E-state index in [2.05, 4.69) is 10.5 Å². The number of rotatable bonds is 5. The number of hydrogen-bond donors (Lipinski definition) is 1. The molecule has 1 heterocycles. The predicted molar refractivity (Wildman–Crippen MR) is 128 cm³/mol. The summed E-state index contributed by atoms with van der Waals surface area (Å²) in [5.74, 6) is -0.454. The number of anilines is 1. The average molecular weight is 438 g/mol. The Morgan fingerprint density at radius 2 is 1.42 bits per heavy atom. The summed E-state index contributed by atoms with van der Waals surface area (Å²) >= 11 is 0. The van der Waals surface area contributed by atoms with Crippen molar-refractivity contribution in [1.82, 2.24) is 9.36 Å². The maximum Gasteiger partial charge on any atom is 0.295 e. The Morgan fingerprint density at radius 1 is 0.879 bits per heavy atom. The van der Waals surface area contributed by atoms with E-state index >= 15 is 0 Å². The maximum atomic E-state index is 13.0. The van der Waals surface area contributed by atoms with Crippen LogP contribution in [-0.2, 0) is 16.7 Å². The van der Waals surface area contributed by atoms with E-state index in [4.69, 9.17) is 4.84 Å². The van der Waals surface area contributed by atoms with E-state index in [0.29, 0.717) is 11.4 Å². The van der Waals surface area contributed by atoms with Crippen molar-refractivity contribution in [3.05, 3.63) is 106 Å². The molecule has 7 heteroatoms. The summed E-state index contributed by atoms with van der Waals surface area (Å²) in [4.78, 5) is 31.0. The number of hydrogen-bond acceptors (Lipinski definition) is 4. The molecule has 7 nitrogen and oxygen atoms in total. The van der Waals surface area contributed by atoms with E-state index in [1.165, 1.54) is 4.68 Å². The first-order chi connectivity index (χ1) is 16.1. The smallest absolute Gasteiger partial charge is 0.295 e.